The van der Waals surface area contributed by atoms with Gasteiger partial charge >= 0.3 is 0 Å². The van der Waals surface area contributed by atoms with E-state index in [1.165, 1.54) is 11.8 Å². The number of thioether (sulfide) groups is 1. The summed E-state index contributed by atoms with van der Waals surface area (Å²) in [6.07, 6.45) is 3.30. The van der Waals surface area contributed by atoms with E-state index in [4.69, 9.17) is 0 Å². The molecule has 1 amide bonds. The molecule has 0 aliphatic heterocycles. The first-order valence-electron chi connectivity index (χ1n) is 7.45. The molecule has 0 aliphatic carbocycles. The van der Waals surface area contributed by atoms with Crippen LogP contribution < -0.4 is 5.32 Å². The lowest BCUT2D eigenvalue weighted by Crippen LogP contribution is -2.15. The molecule has 0 bridgehead atoms. The average molecular weight is 339 g/mol. The van der Waals surface area contributed by atoms with Crippen LogP contribution in [0.1, 0.15) is 11.1 Å². The Bertz CT molecular complexity index is 847. The molecule has 1 aromatic carbocycles. The number of hydrogen-bond donors (Lipinski definition) is 1. The number of anilines is 1. The molecule has 2 heterocycles. The van der Waals surface area contributed by atoms with Crippen molar-refractivity contribution in [2.75, 3.05) is 11.1 Å². The van der Waals surface area contributed by atoms with Gasteiger partial charge < -0.3 is 5.32 Å². The van der Waals surface area contributed by atoms with Gasteiger partial charge in [-0.15, -0.1) is 10.2 Å². The zero-order chi connectivity index (χ0) is 16.9. The Balaban J connectivity index is 1.65. The number of nitrogens with zero attached hydrogens (tertiary/aromatic N) is 4. The number of aryl methyl sites for hydroxylation is 1. The van der Waals surface area contributed by atoms with E-state index < -0.39 is 0 Å². The highest BCUT2D eigenvalue weighted by Crippen LogP contribution is 2.21. The first kappa shape index (κ1) is 16.2. The number of benzene rings is 1. The van der Waals surface area contributed by atoms with Crippen molar-refractivity contribution in [1.82, 2.24) is 19.7 Å². The maximum atomic E-state index is 12.2. The fraction of sp³-hybridized carbons (Fsp3) is 0.176. The summed E-state index contributed by atoms with van der Waals surface area (Å²) in [5.41, 5.74) is 3.06. The minimum Gasteiger partial charge on any atom is -0.325 e. The third-order valence-corrected chi connectivity index (χ3v) is 4.57. The summed E-state index contributed by atoms with van der Waals surface area (Å²) in [6.45, 7) is 4.02. The molecule has 0 saturated heterocycles. The lowest BCUT2D eigenvalue weighted by atomic mass is 10.1. The molecule has 3 aromatic rings. The Labute approximate surface area is 144 Å². The predicted octanol–water partition coefficient (Wildman–Crippen LogP) is 3.01. The quantitative estimate of drug-likeness (QED) is 0.724. The largest absolute Gasteiger partial charge is 0.325 e. The van der Waals surface area contributed by atoms with Crippen molar-refractivity contribution >= 4 is 23.4 Å². The monoisotopic (exact) mass is 339 g/mol. The lowest BCUT2D eigenvalue weighted by molar-refractivity contribution is -0.113. The van der Waals surface area contributed by atoms with Gasteiger partial charge in [0.05, 0.1) is 5.75 Å². The molecule has 24 heavy (non-hydrogen) atoms. The van der Waals surface area contributed by atoms with Gasteiger partial charge in [-0.3, -0.25) is 9.36 Å². The number of rotatable bonds is 5. The van der Waals surface area contributed by atoms with Gasteiger partial charge in [0.1, 0.15) is 12.1 Å². The highest BCUT2D eigenvalue weighted by Gasteiger charge is 2.11. The predicted molar refractivity (Wildman–Crippen MR) is 94.4 cm³/mol. The minimum absolute atomic E-state index is 0.0794. The van der Waals surface area contributed by atoms with Gasteiger partial charge in [0.2, 0.25) is 5.91 Å². The number of carbonyl (C=O) groups is 1. The Hall–Kier alpha value is -2.67. The van der Waals surface area contributed by atoms with Gasteiger partial charge in [0.25, 0.3) is 0 Å². The first-order valence-corrected chi connectivity index (χ1v) is 8.44. The van der Waals surface area contributed by atoms with E-state index >= 15 is 0 Å². The molecule has 0 fully saturated rings. The molecule has 0 saturated carbocycles. The normalized spacial score (nSPS) is 10.6. The van der Waals surface area contributed by atoms with Crippen LogP contribution in [0.15, 0.2) is 54.1 Å². The van der Waals surface area contributed by atoms with Crippen molar-refractivity contribution in [3.63, 3.8) is 0 Å². The molecule has 1 N–H and O–H groups in total. The van der Waals surface area contributed by atoms with E-state index in [9.17, 15) is 4.79 Å². The van der Waals surface area contributed by atoms with Crippen molar-refractivity contribution in [2.45, 2.75) is 19.0 Å². The van der Waals surface area contributed by atoms with E-state index in [0.717, 1.165) is 22.6 Å². The minimum atomic E-state index is -0.0794. The maximum Gasteiger partial charge on any atom is 0.234 e. The highest BCUT2D eigenvalue weighted by molar-refractivity contribution is 7.99. The third kappa shape index (κ3) is 3.62. The van der Waals surface area contributed by atoms with Gasteiger partial charge in [-0.25, -0.2) is 4.98 Å². The molecule has 122 valence electrons. The van der Waals surface area contributed by atoms with Crippen LogP contribution in [0.2, 0.25) is 0 Å². The average Bonchev–Trinajstić information content (AvgIpc) is 3.06. The van der Waals surface area contributed by atoms with Crippen molar-refractivity contribution in [3.05, 3.63) is 60.0 Å². The van der Waals surface area contributed by atoms with Crippen LogP contribution >= 0.6 is 11.8 Å². The van der Waals surface area contributed by atoms with Crippen LogP contribution in [-0.4, -0.2) is 31.4 Å². The molecule has 0 aliphatic rings. The summed E-state index contributed by atoms with van der Waals surface area (Å²) in [5, 5.41) is 11.5. The van der Waals surface area contributed by atoms with Crippen molar-refractivity contribution in [3.8, 4) is 5.82 Å². The molecule has 6 nitrogen and oxygen atoms in total. The number of aromatic nitrogens is 4. The molecule has 0 spiro atoms. The van der Waals surface area contributed by atoms with Gasteiger partial charge in [-0.2, -0.15) is 0 Å². The Morgan fingerprint density at radius 2 is 2.08 bits per heavy atom. The number of carbonyl (C=O) groups excluding carboxylic acids is 1. The fourth-order valence-corrected chi connectivity index (χ4v) is 2.90. The fourth-order valence-electron chi connectivity index (χ4n) is 2.18. The SMILES string of the molecule is Cc1cccc(NC(=O)CSc2nncn2-c2ccccn2)c1C. The van der Waals surface area contributed by atoms with Gasteiger partial charge in [-0.1, -0.05) is 30.0 Å². The molecular formula is C17H17N5OS. The Kier molecular flexibility index (Phi) is 4.90. The number of hydrogen-bond acceptors (Lipinski definition) is 5. The number of nitrogens with one attached hydrogen (secondary N) is 1. The highest BCUT2D eigenvalue weighted by atomic mass is 32.2. The van der Waals surface area contributed by atoms with Crippen LogP contribution in [0.3, 0.4) is 0 Å². The maximum absolute atomic E-state index is 12.2. The van der Waals surface area contributed by atoms with Crippen molar-refractivity contribution in [1.29, 1.82) is 0 Å². The topological polar surface area (TPSA) is 72.7 Å². The number of amides is 1. The molecule has 0 unspecified atom stereocenters. The van der Waals surface area contributed by atoms with Gasteiger partial charge in [0.15, 0.2) is 5.16 Å². The zero-order valence-corrected chi connectivity index (χ0v) is 14.2. The van der Waals surface area contributed by atoms with Crippen LogP contribution in [0.25, 0.3) is 5.82 Å². The van der Waals surface area contributed by atoms with E-state index in [1.54, 1.807) is 17.1 Å². The molecule has 2 aromatic heterocycles. The summed E-state index contributed by atoms with van der Waals surface area (Å²) in [4.78, 5) is 16.5. The molecule has 0 atom stereocenters. The van der Waals surface area contributed by atoms with Crippen LogP contribution in [0, 0.1) is 13.8 Å². The van der Waals surface area contributed by atoms with Gasteiger partial charge in [0, 0.05) is 11.9 Å². The summed E-state index contributed by atoms with van der Waals surface area (Å²) < 4.78 is 1.76. The summed E-state index contributed by atoms with van der Waals surface area (Å²) in [7, 11) is 0. The third-order valence-electron chi connectivity index (χ3n) is 3.62. The smallest absolute Gasteiger partial charge is 0.234 e. The van der Waals surface area contributed by atoms with Crippen LogP contribution in [0.4, 0.5) is 5.69 Å². The zero-order valence-electron chi connectivity index (χ0n) is 13.4. The van der Waals surface area contributed by atoms with Crippen molar-refractivity contribution < 1.29 is 4.79 Å². The summed E-state index contributed by atoms with van der Waals surface area (Å²) in [5.74, 6) is 0.892. The van der Waals surface area contributed by atoms with Crippen LogP contribution in [0.5, 0.6) is 0 Å². The molecule has 0 radical (unpaired) electrons. The van der Waals surface area contributed by atoms with Crippen molar-refractivity contribution in [2.24, 2.45) is 0 Å². The molecule has 7 heteroatoms. The van der Waals surface area contributed by atoms with Crippen LogP contribution in [-0.2, 0) is 4.79 Å². The Morgan fingerprint density at radius 1 is 1.21 bits per heavy atom. The second kappa shape index (κ2) is 7.27. The van der Waals surface area contributed by atoms with E-state index in [2.05, 4.69) is 20.5 Å². The molecule has 3 rings (SSSR count). The summed E-state index contributed by atoms with van der Waals surface area (Å²) in [6, 6.07) is 11.5. The molecular weight excluding hydrogens is 322 g/mol. The Morgan fingerprint density at radius 3 is 2.88 bits per heavy atom. The van der Waals surface area contributed by atoms with Gasteiger partial charge in [-0.05, 0) is 43.2 Å². The standard InChI is InChI=1S/C17H17N5OS/c1-12-6-5-7-14(13(12)2)20-16(23)10-24-17-21-19-11-22(17)15-8-3-4-9-18-15/h3-9,11H,10H2,1-2H3,(H,20,23). The van der Waals surface area contributed by atoms with E-state index in [0.29, 0.717) is 5.16 Å². The lowest BCUT2D eigenvalue weighted by Gasteiger charge is -2.10. The van der Waals surface area contributed by atoms with E-state index in [1.807, 2.05) is 50.2 Å². The first-order chi connectivity index (χ1) is 11.6. The van der Waals surface area contributed by atoms with E-state index in [-0.39, 0.29) is 11.7 Å². The number of pyridine rings is 1. The second-order valence-corrected chi connectivity index (χ2v) is 6.20. The summed E-state index contributed by atoms with van der Waals surface area (Å²) >= 11 is 1.32. The second-order valence-electron chi connectivity index (χ2n) is 5.26.